The molecule has 0 spiro atoms. The quantitative estimate of drug-likeness (QED) is 0.847. The van der Waals surface area contributed by atoms with E-state index in [0.717, 1.165) is 31.1 Å². The van der Waals surface area contributed by atoms with Gasteiger partial charge < -0.3 is 14.8 Å². The molecule has 3 nitrogen and oxygen atoms in total. The highest BCUT2D eigenvalue weighted by molar-refractivity contribution is 5.58. The third-order valence-corrected chi connectivity index (χ3v) is 2.73. The lowest BCUT2D eigenvalue weighted by molar-refractivity contribution is 0.195. The van der Waals surface area contributed by atoms with E-state index in [4.69, 9.17) is 9.47 Å². The first kappa shape index (κ1) is 11.3. The monoisotopic (exact) mass is 221 g/mol. The Labute approximate surface area is 96.8 Å². The molecule has 2 rings (SSSR count). The number of benzene rings is 1. The average Bonchev–Trinajstić information content (AvgIpc) is 2.75. The highest BCUT2D eigenvalue weighted by atomic mass is 16.5. The zero-order valence-corrected chi connectivity index (χ0v) is 9.95. The average molecular weight is 221 g/mol. The van der Waals surface area contributed by atoms with Gasteiger partial charge in [0.1, 0.15) is 5.75 Å². The molecule has 0 radical (unpaired) electrons. The van der Waals surface area contributed by atoms with Gasteiger partial charge in [0.15, 0.2) is 0 Å². The number of anilines is 1. The molecule has 1 aliphatic heterocycles. The molecule has 1 atom stereocenters. The summed E-state index contributed by atoms with van der Waals surface area (Å²) in [6.07, 6.45) is 1.07. The zero-order chi connectivity index (χ0) is 11.4. The molecule has 1 aliphatic rings. The second-order valence-electron chi connectivity index (χ2n) is 4.14. The summed E-state index contributed by atoms with van der Waals surface area (Å²) < 4.78 is 11.0. The Morgan fingerprint density at radius 3 is 3.06 bits per heavy atom. The smallest absolute Gasteiger partial charge is 0.142 e. The second-order valence-corrected chi connectivity index (χ2v) is 4.14. The lowest BCUT2D eigenvalue weighted by atomic mass is 10.2. The molecule has 1 aromatic carbocycles. The van der Waals surface area contributed by atoms with Crippen molar-refractivity contribution < 1.29 is 9.47 Å². The van der Waals surface area contributed by atoms with Crippen molar-refractivity contribution in [2.45, 2.75) is 26.3 Å². The summed E-state index contributed by atoms with van der Waals surface area (Å²) in [4.78, 5) is 0. The van der Waals surface area contributed by atoms with Crippen LogP contribution in [0.5, 0.6) is 5.75 Å². The normalized spacial score (nSPS) is 19.8. The molecule has 0 aromatic heterocycles. The standard InChI is InChI=1S/C13H19NO2/c1-3-16-13-8-10(2)4-5-12(13)14-11-6-7-15-9-11/h4-5,8,11,14H,3,6-7,9H2,1-2H3. The molecule has 0 saturated carbocycles. The lowest BCUT2D eigenvalue weighted by Gasteiger charge is -2.16. The van der Waals surface area contributed by atoms with Crippen LogP contribution in [0.2, 0.25) is 0 Å². The van der Waals surface area contributed by atoms with Gasteiger partial charge in [-0.1, -0.05) is 6.07 Å². The van der Waals surface area contributed by atoms with Crippen molar-refractivity contribution in [1.82, 2.24) is 0 Å². The number of hydrogen-bond donors (Lipinski definition) is 1. The van der Waals surface area contributed by atoms with E-state index in [1.54, 1.807) is 0 Å². The first-order chi connectivity index (χ1) is 7.79. The molecule has 3 heteroatoms. The summed E-state index contributed by atoms with van der Waals surface area (Å²) >= 11 is 0. The summed E-state index contributed by atoms with van der Waals surface area (Å²) in [5.41, 5.74) is 2.29. The Hall–Kier alpha value is -1.22. The first-order valence-corrected chi connectivity index (χ1v) is 5.87. The Bertz CT molecular complexity index is 346. The molecule has 1 N–H and O–H groups in total. The second kappa shape index (κ2) is 5.21. The van der Waals surface area contributed by atoms with Crippen LogP contribution in [0.15, 0.2) is 18.2 Å². The highest BCUT2D eigenvalue weighted by Gasteiger charge is 2.16. The van der Waals surface area contributed by atoms with Crippen LogP contribution in [-0.4, -0.2) is 25.9 Å². The molecule has 16 heavy (non-hydrogen) atoms. The lowest BCUT2D eigenvalue weighted by Crippen LogP contribution is -2.19. The first-order valence-electron chi connectivity index (χ1n) is 5.87. The van der Waals surface area contributed by atoms with E-state index >= 15 is 0 Å². The molecular weight excluding hydrogens is 202 g/mol. The maximum atomic E-state index is 5.62. The van der Waals surface area contributed by atoms with Crippen LogP contribution in [-0.2, 0) is 4.74 Å². The van der Waals surface area contributed by atoms with E-state index in [2.05, 4.69) is 30.4 Å². The van der Waals surface area contributed by atoms with Crippen LogP contribution >= 0.6 is 0 Å². The fourth-order valence-electron chi connectivity index (χ4n) is 1.89. The molecule has 1 fully saturated rings. The zero-order valence-electron chi connectivity index (χ0n) is 9.95. The molecule has 88 valence electrons. The van der Waals surface area contributed by atoms with Crippen LogP contribution in [0.4, 0.5) is 5.69 Å². The van der Waals surface area contributed by atoms with Gasteiger partial charge in [0, 0.05) is 6.61 Å². The van der Waals surface area contributed by atoms with Crippen molar-refractivity contribution in [3.05, 3.63) is 23.8 Å². The molecule has 0 bridgehead atoms. The summed E-state index contributed by atoms with van der Waals surface area (Å²) in [5, 5.41) is 3.47. The van der Waals surface area contributed by atoms with Gasteiger partial charge in [-0.25, -0.2) is 0 Å². The van der Waals surface area contributed by atoms with E-state index in [0.29, 0.717) is 12.6 Å². The minimum absolute atomic E-state index is 0.418. The van der Waals surface area contributed by atoms with Crippen molar-refractivity contribution >= 4 is 5.69 Å². The van der Waals surface area contributed by atoms with Crippen LogP contribution in [0, 0.1) is 6.92 Å². The maximum absolute atomic E-state index is 5.62. The van der Waals surface area contributed by atoms with Crippen molar-refractivity contribution in [3.63, 3.8) is 0 Å². The Kier molecular flexibility index (Phi) is 3.67. The van der Waals surface area contributed by atoms with Crippen molar-refractivity contribution in [1.29, 1.82) is 0 Å². The van der Waals surface area contributed by atoms with Gasteiger partial charge in [0.2, 0.25) is 0 Å². The fourth-order valence-corrected chi connectivity index (χ4v) is 1.89. The Balaban J connectivity index is 2.11. The Morgan fingerprint density at radius 1 is 1.50 bits per heavy atom. The summed E-state index contributed by atoms with van der Waals surface area (Å²) in [5.74, 6) is 0.939. The molecular formula is C13H19NO2. The van der Waals surface area contributed by atoms with Crippen molar-refractivity contribution in [2.75, 3.05) is 25.1 Å². The molecule has 1 aromatic rings. The number of ether oxygens (including phenoxy) is 2. The van der Waals surface area contributed by atoms with Gasteiger partial charge in [-0.3, -0.25) is 0 Å². The van der Waals surface area contributed by atoms with Gasteiger partial charge in [-0.15, -0.1) is 0 Å². The minimum atomic E-state index is 0.418. The van der Waals surface area contributed by atoms with E-state index in [-0.39, 0.29) is 0 Å². The SMILES string of the molecule is CCOc1cc(C)ccc1NC1CCOC1. The van der Waals surface area contributed by atoms with Crippen molar-refractivity contribution in [2.24, 2.45) is 0 Å². The van der Waals surface area contributed by atoms with Gasteiger partial charge >= 0.3 is 0 Å². The molecule has 0 aliphatic carbocycles. The molecule has 0 amide bonds. The van der Waals surface area contributed by atoms with Crippen LogP contribution < -0.4 is 10.1 Å². The number of rotatable bonds is 4. The van der Waals surface area contributed by atoms with E-state index < -0.39 is 0 Å². The van der Waals surface area contributed by atoms with Crippen LogP contribution in [0.1, 0.15) is 18.9 Å². The Morgan fingerprint density at radius 2 is 2.38 bits per heavy atom. The van der Waals surface area contributed by atoms with Crippen molar-refractivity contribution in [3.8, 4) is 5.75 Å². The number of nitrogens with one attached hydrogen (secondary N) is 1. The van der Waals surface area contributed by atoms with Gasteiger partial charge in [0.05, 0.1) is 24.9 Å². The summed E-state index contributed by atoms with van der Waals surface area (Å²) in [6.45, 7) is 6.42. The maximum Gasteiger partial charge on any atom is 0.142 e. The summed E-state index contributed by atoms with van der Waals surface area (Å²) in [6, 6.07) is 6.67. The van der Waals surface area contributed by atoms with Gasteiger partial charge in [0.25, 0.3) is 0 Å². The minimum Gasteiger partial charge on any atom is -0.492 e. The third kappa shape index (κ3) is 2.67. The topological polar surface area (TPSA) is 30.5 Å². The number of aryl methyl sites for hydroxylation is 1. The largest absolute Gasteiger partial charge is 0.492 e. The highest BCUT2D eigenvalue weighted by Crippen LogP contribution is 2.27. The summed E-state index contributed by atoms with van der Waals surface area (Å²) in [7, 11) is 0. The van der Waals surface area contributed by atoms with E-state index in [9.17, 15) is 0 Å². The predicted octanol–water partition coefficient (Wildman–Crippen LogP) is 2.59. The van der Waals surface area contributed by atoms with Gasteiger partial charge in [-0.05, 0) is 38.0 Å². The molecule has 1 unspecified atom stereocenters. The van der Waals surface area contributed by atoms with E-state index in [1.165, 1.54) is 5.56 Å². The van der Waals surface area contributed by atoms with Crippen LogP contribution in [0.25, 0.3) is 0 Å². The van der Waals surface area contributed by atoms with Crippen LogP contribution in [0.3, 0.4) is 0 Å². The van der Waals surface area contributed by atoms with Gasteiger partial charge in [-0.2, -0.15) is 0 Å². The van der Waals surface area contributed by atoms with E-state index in [1.807, 2.05) is 6.92 Å². The fraction of sp³-hybridized carbons (Fsp3) is 0.538. The predicted molar refractivity (Wildman–Crippen MR) is 65.2 cm³/mol. The number of hydrogen-bond acceptors (Lipinski definition) is 3. The molecule has 1 saturated heterocycles. The third-order valence-electron chi connectivity index (χ3n) is 2.73. The molecule has 1 heterocycles.